The third-order valence-corrected chi connectivity index (χ3v) is 5.50. The molecule has 1 saturated heterocycles. The highest BCUT2D eigenvalue weighted by molar-refractivity contribution is 5.97. The number of fused-ring (bicyclic) bond motifs is 2. The molecule has 0 spiro atoms. The Morgan fingerprint density at radius 1 is 0.931 bits per heavy atom. The summed E-state index contributed by atoms with van der Waals surface area (Å²) in [7, 11) is 0. The van der Waals surface area contributed by atoms with Crippen LogP contribution in [0.1, 0.15) is 18.4 Å². The Kier molecular flexibility index (Phi) is 4.21. The standard InChI is InChI=1S/C23H19NO5/c25-19-8-7-15-16(17-11-14-5-1-2-6-20(14)28-23(17)27)12-21(26)29-22(15)18(19)13-24-9-3-4-10-24/h1-2,5-8,11-12,25H,3-4,9-10,13H2. The van der Waals surface area contributed by atoms with Gasteiger partial charge in [0.05, 0.1) is 11.1 Å². The molecule has 6 heteroatoms. The maximum absolute atomic E-state index is 12.7. The van der Waals surface area contributed by atoms with Gasteiger partial charge in [0.1, 0.15) is 16.9 Å². The predicted molar refractivity (Wildman–Crippen MR) is 110 cm³/mol. The van der Waals surface area contributed by atoms with E-state index < -0.39 is 11.3 Å². The molecule has 6 nitrogen and oxygen atoms in total. The first-order valence-corrected chi connectivity index (χ1v) is 9.64. The van der Waals surface area contributed by atoms with Gasteiger partial charge in [0.15, 0.2) is 0 Å². The van der Waals surface area contributed by atoms with Crippen LogP contribution in [0.3, 0.4) is 0 Å². The van der Waals surface area contributed by atoms with Crippen molar-refractivity contribution in [3.8, 4) is 16.9 Å². The monoisotopic (exact) mass is 389 g/mol. The summed E-state index contributed by atoms with van der Waals surface area (Å²) >= 11 is 0. The summed E-state index contributed by atoms with van der Waals surface area (Å²) in [6, 6.07) is 13.5. The molecule has 1 aliphatic rings. The van der Waals surface area contributed by atoms with Gasteiger partial charge in [0.2, 0.25) is 0 Å². The minimum absolute atomic E-state index is 0.0789. The molecule has 3 heterocycles. The average molecular weight is 389 g/mol. The van der Waals surface area contributed by atoms with Gasteiger partial charge in [-0.25, -0.2) is 9.59 Å². The molecule has 2 aromatic carbocycles. The van der Waals surface area contributed by atoms with Crippen molar-refractivity contribution in [2.45, 2.75) is 19.4 Å². The molecule has 146 valence electrons. The van der Waals surface area contributed by atoms with Crippen LogP contribution in [0.15, 0.2) is 67.0 Å². The first-order valence-electron chi connectivity index (χ1n) is 9.64. The summed E-state index contributed by atoms with van der Waals surface area (Å²) in [5, 5.41) is 11.8. The van der Waals surface area contributed by atoms with E-state index in [4.69, 9.17) is 8.83 Å². The molecular weight excluding hydrogens is 370 g/mol. The summed E-state index contributed by atoms with van der Waals surface area (Å²) < 4.78 is 11.0. The molecule has 0 bridgehead atoms. The van der Waals surface area contributed by atoms with E-state index in [0.717, 1.165) is 31.3 Å². The third kappa shape index (κ3) is 3.11. The van der Waals surface area contributed by atoms with Crippen molar-refractivity contribution in [2.24, 2.45) is 0 Å². The Hall–Kier alpha value is -3.38. The second-order valence-electron chi connectivity index (χ2n) is 7.39. The Balaban J connectivity index is 1.76. The van der Waals surface area contributed by atoms with Crippen LogP contribution in [0.5, 0.6) is 5.75 Å². The van der Waals surface area contributed by atoms with Crippen molar-refractivity contribution >= 4 is 21.9 Å². The van der Waals surface area contributed by atoms with Crippen molar-refractivity contribution in [3.63, 3.8) is 0 Å². The van der Waals surface area contributed by atoms with Gasteiger partial charge >= 0.3 is 11.3 Å². The van der Waals surface area contributed by atoms with E-state index in [2.05, 4.69) is 4.90 Å². The lowest BCUT2D eigenvalue weighted by Crippen LogP contribution is -2.19. The first-order chi connectivity index (χ1) is 14.1. The topological polar surface area (TPSA) is 83.9 Å². The average Bonchev–Trinajstić information content (AvgIpc) is 3.22. The van der Waals surface area contributed by atoms with Gasteiger partial charge in [-0.2, -0.15) is 0 Å². The Bertz CT molecular complexity index is 1350. The van der Waals surface area contributed by atoms with Crippen LogP contribution in [0.2, 0.25) is 0 Å². The largest absolute Gasteiger partial charge is 0.507 e. The molecule has 1 aliphatic heterocycles. The maximum Gasteiger partial charge on any atom is 0.344 e. The normalized spacial score (nSPS) is 14.8. The number of phenols is 1. The lowest BCUT2D eigenvalue weighted by Gasteiger charge is -2.17. The number of benzene rings is 2. The number of likely N-dealkylation sites (tertiary alicyclic amines) is 1. The maximum atomic E-state index is 12.7. The molecule has 1 fully saturated rings. The molecule has 0 saturated carbocycles. The van der Waals surface area contributed by atoms with E-state index in [1.165, 1.54) is 6.07 Å². The number of rotatable bonds is 3. The van der Waals surface area contributed by atoms with Crippen LogP contribution < -0.4 is 11.3 Å². The molecule has 0 radical (unpaired) electrons. The van der Waals surface area contributed by atoms with Crippen LogP contribution in [0, 0.1) is 0 Å². The molecule has 2 aromatic heterocycles. The first kappa shape index (κ1) is 17.7. The highest BCUT2D eigenvalue weighted by atomic mass is 16.4. The fourth-order valence-electron chi connectivity index (χ4n) is 4.06. The molecule has 0 amide bonds. The van der Waals surface area contributed by atoms with Gasteiger partial charge in [-0.1, -0.05) is 18.2 Å². The minimum atomic E-state index is -0.576. The summed E-state index contributed by atoms with van der Waals surface area (Å²) in [6.45, 7) is 2.37. The zero-order valence-corrected chi connectivity index (χ0v) is 15.7. The second-order valence-corrected chi connectivity index (χ2v) is 7.39. The summed E-state index contributed by atoms with van der Waals surface area (Å²) in [4.78, 5) is 27.2. The van der Waals surface area contributed by atoms with Crippen molar-refractivity contribution in [1.82, 2.24) is 4.90 Å². The van der Waals surface area contributed by atoms with Gasteiger partial charge in [-0.3, -0.25) is 4.90 Å². The number of aromatic hydroxyl groups is 1. The predicted octanol–water partition coefficient (Wildman–Crippen LogP) is 3.87. The van der Waals surface area contributed by atoms with Crippen molar-refractivity contribution < 1.29 is 13.9 Å². The molecule has 5 rings (SSSR count). The third-order valence-electron chi connectivity index (χ3n) is 5.50. The van der Waals surface area contributed by atoms with Gasteiger partial charge in [-0.05, 0) is 50.2 Å². The van der Waals surface area contributed by atoms with E-state index in [-0.39, 0.29) is 5.75 Å². The number of para-hydroxylation sites is 1. The minimum Gasteiger partial charge on any atom is -0.507 e. The number of nitrogens with zero attached hydrogens (tertiary/aromatic N) is 1. The fourth-order valence-corrected chi connectivity index (χ4v) is 4.06. The van der Waals surface area contributed by atoms with Gasteiger partial charge in [0.25, 0.3) is 0 Å². The van der Waals surface area contributed by atoms with E-state index in [1.807, 2.05) is 12.1 Å². The lowest BCUT2D eigenvalue weighted by atomic mass is 9.99. The Morgan fingerprint density at radius 3 is 2.55 bits per heavy atom. The van der Waals surface area contributed by atoms with E-state index >= 15 is 0 Å². The lowest BCUT2D eigenvalue weighted by molar-refractivity contribution is 0.323. The zero-order valence-electron chi connectivity index (χ0n) is 15.7. The van der Waals surface area contributed by atoms with Crippen LogP contribution in [0.25, 0.3) is 33.1 Å². The number of hydrogen-bond donors (Lipinski definition) is 1. The molecule has 4 aromatic rings. The van der Waals surface area contributed by atoms with Gasteiger partial charge in [0, 0.05) is 28.9 Å². The molecular formula is C23H19NO5. The van der Waals surface area contributed by atoms with Crippen LogP contribution in [-0.4, -0.2) is 23.1 Å². The smallest absolute Gasteiger partial charge is 0.344 e. The SMILES string of the molecule is O=c1cc(-c2cc3ccccc3oc2=O)c2ccc(O)c(CN3CCCC3)c2o1. The molecule has 29 heavy (non-hydrogen) atoms. The Morgan fingerprint density at radius 2 is 1.72 bits per heavy atom. The molecule has 0 unspecified atom stereocenters. The summed E-state index contributed by atoms with van der Waals surface area (Å²) in [5.41, 5.74) is 0.998. The van der Waals surface area contributed by atoms with E-state index in [1.54, 1.807) is 30.3 Å². The molecule has 0 atom stereocenters. The zero-order chi connectivity index (χ0) is 20.0. The highest BCUT2D eigenvalue weighted by Gasteiger charge is 2.20. The molecule has 0 aliphatic carbocycles. The van der Waals surface area contributed by atoms with Gasteiger partial charge in [-0.15, -0.1) is 0 Å². The number of hydrogen-bond acceptors (Lipinski definition) is 6. The summed E-state index contributed by atoms with van der Waals surface area (Å²) in [5.74, 6) is 0.0789. The van der Waals surface area contributed by atoms with Crippen LogP contribution >= 0.6 is 0 Å². The fraction of sp³-hybridized carbons (Fsp3) is 0.217. The van der Waals surface area contributed by atoms with Crippen molar-refractivity contribution in [3.05, 3.63) is 74.9 Å². The number of phenolic OH excluding ortho intramolecular Hbond substituents is 1. The van der Waals surface area contributed by atoms with Crippen LogP contribution in [-0.2, 0) is 6.54 Å². The van der Waals surface area contributed by atoms with Crippen molar-refractivity contribution in [2.75, 3.05) is 13.1 Å². The van der Waals surface area contributed by atoms with E-state index in [9.17, 15) is 14.7 Å². The Labute approximate surface area is 165 Å². The van der Waals surface area contributed by atoms with Gasteiger partial charge < -0.3 is 13.9 Å². The van der Waals surface area contributed by atoms with E-state index in [0.29, 0.717) is 39.8 Å². The quantitative estimate of drug-likeness (QED) is 0.536. The second kappa shape index (κ2) is 6.90. The van der Waals surface area contributed by atoms with Crippen molar-refractivity contribution in [1.29, 1.82) is 0 Å². The highest BCUT2D eigenvalue weighted by Crippen LogP contribution is 2.34. The molecule has 1 N–H and O–H groups in total. The summed E-state index contributed by atoms with van der Waals surface area (Å²) in [6.07, 6.45) is 2.22. The van der Waals surface area contributed by atoms with Crippen LogP contribution in [0.4, 0.5) is 0 Å².